The van der Waals surface area contributed by atoms with Crippen molar-refractivity contribution in [2.24, 2.45) is 4.99 Å². The summed E-state index contributed by atoms with van der Waals surface area (Å²) in [7, 11) is -1.45. The second-order valence-electron chi connectivity index (χ2n) is 5.87. The van der Waals surface area contributed by atoms with Crippen molar-refractivity contribution in [3.8, 4) is 0 Å². The zero-order chi connectivity index (χ0) is 17.1. The lowest BCUT2D eigenvalue weighted by atomic mass is 10.1. The van der Waals surface area contributed by atoms with Crippen LogP contribution in [0.4, 0.5) is 0 Å². The molecule has 0 radical (unpaired) electrons. The third-order valence-corrected chi connectivity index (χ3v) is 6.68. The minimum atomic E-state index is -3.16. The summed E-state index contributed by atoms with van der Waals surface area (Å²) < 4.78 is 26.1. The monoisotopic (exact) mass is 492 g/mol. The molecule has 0 spiro atoms. The normalized spacial score (nSPS) is 17.9. The fraction of sp³-hybridized carbons (Fsp3) is 0.933. The molecule has 1 atom stereocenters. The highest BCUT2D eigenvalue weighted by molar-refractivity contribution is 14.0. The summed E-state index contributed by atoms with van der Waals surface area (Å²) in [5, 5.41) is 6.43. The number of thioether (sulfide) groups is 1. The Morgan fingerprint density at radius 1 is 1.29 bits per heavy atom. The molecule has 2 N–H and O–H groups in total. The van der Waals surface area contributed by atoms with Gasteiger partial charge in [0, 0.05) is 44.2 Å². The van der Waals surface area contributed by atoms with Gasteiger partial charge in [-0.3, -0.25) is 4.99 Å². The second-order valence-corrected chi connectivity index (χ2v) is 9.18. The molecule has 0 saturated carbocycles. The predicted octanol–water partition coefficient (Wildman–Crippen LogP) is 2.12. The van der Waals surface area contributed by atoms with Crippen molar-refractivity contribution in [2.75, 3.05) is 43.9 Å². The van der Waals surface area contributed by atoms with Gasteiger partial charge in [-0.15, -0.1) is 24.0 Å². The molecule has 1 fully saturated rings. The second kappa shape index (κ2) is 13.5. The first kappa shape index (κ1) is 24.3. The van der Waals surface area contributed by atoms with Crippen LogP contribution in [-0.4, -0.2) is 68.7 Å². The first-order chi connectivity index (χ1) is 11.0. The number of rotatable bonds is 9. The van der Waals surface area contributed by atoms with E-state index in [1.165, 1.54) is 19.3 Å². The molecule has 1 rings (SSSR count). The molecule has 0 aromatic heterocycles. The molecule has 6 nitrogen and oxygen atoms in total. The van der Waals surface area contributed by atoms with E-state index in [9.17, 15) is 8.42 Å². The fourth-order valence-electron chi connectivity index (χ4n) is 2.45. The van der Waals surface area contributed by atoms with Crippen LogP contribution in [0.1, 0.15) is 39.5 Å². The molecule has 0 aliphatic carbocycles. The van der Waals surface area contributed by atoms with Crippen molar-refractivity contribution >= 4 is 51.7 Å². The Hall–Kier alpha value is 0.260. The molecule has 1 heterocycles. The van der Waals surface area contributed by atoms with Crippen molar-refractivity contribution in [1.29, 1.82) is 0 Å². The summed E-state index contributed by atoms with van der Waals surface area (Å²) in [5.74, 6) is 2.58. The third kappa shape index (κ3) is 9.67. The minimum absolute atomic E-state index is 0. The Kier molecular flexibility index (Phi) is 13.6. The van der Waals surface area contributed by atoms with E-state index >= 15 is 0 Å². The molecule has 0 aromatic rings. The first-order valence-corrected chi connectivity index (χ1v) is 11.3. The van der Waals surface area contributed by atoms with Gasteiger partial charge in [0.1, 0.15) is 0 Å². The van der Waals surface area contributed by atoms with Gasteiger partial charge in [0.2, 0.25) is 10.0 Å². The molecular weight excluding hydrogens is 459 g/mol. The summed E-state index contributed by atoms with van der Waals surface area (Å²) >= 11 is 1.81. The van der Waals surface area contributed by atoms with Crippen LogP contribution in [0.3, 0.4) is 0 Å². The van der Waals surface area contributed by atoms with Crippen LogP contribution >= 0.6 is 35.7 Å². The molecule has 1 aliphatic rings. The topological polar surface area (TPSA) is 73.8 Å². The molecule has 1 unspecified atom stereocenters. The number of aliphatic imine (C=N–C) groups is 1. The third-order valence-electron chi connectivity index (χ3n) is 3.86. The fourth-order valence-corrected chi connectivity index (χ4v) is 4.94. The zero-order valence-electron chi connectivity index (χ0n) is 15.1. The summed E-state index contributed by atoms with van der Waals surface area (Å²) in [5.41, 5.74) is 0. The molecule has 1 aliphatic heterocycles. The first-order valence-electron chi connectivity index (χ1n) is 8.52. The summed E-state index contributed by atoms with van der Waals surface area (Å²) in [6.45, 7) is 5.97. The lowest BCUT2D eigenvalue weighted by Crippen LogP contribution is -2.46. The molecule has 1 saturated heterocycles. The van der Waals surface area contributed by atoms with E-state index in [2.05, 4.69) is 29.5 Å². The van der Waals surface area contributed by atoms with E-state index in [1.54, 1.807) is 11.4 Å². The number of nitrogens with zero attached hydrogens (tertiary/aromatic N) is 2. The highest BCUT2D eigenvalue weighted by atomic mass is 127. The van der Waals surface area contributed by atoms with E-state index in [1.807, 2.05) is 11.8 Å². The largest absolute Gasteiger partial charge is 0.355 e. The standard InChI is InChI=1S/C15H32N4O2S2.HI/c1-4-5-6-7-14(2)18-15(16-3)17-8-13-23(20,21)19-9-11-22-12-10-19;/h14H,4-13H2,1-3H3,(H2,16,17,18);1H. The van der Waals surface area contributed by atoms with Crippen molar-refractivity contribution in [1.82, 2.24) is 14.9 Å². The summed E-state index contributed by atoms with van der Waals surface area (Å²) in [6, 6.07) is 0.337. The van der Waals surface area contributed by atoms with Gasteiger partial charge in [-0.05, 0) is 13.3 Å². The molecule has 0 amide bonds. The van der Waals surface area contributed by atoms with E-state index < -0.39 is 10.0 Å². The number of sulfonamides is 1. The molecule has 9 heteroatoms. The molecule has 0 bridgehead atoms. The number of guanidine groups is 1. The summed E-state index contributed by atoms with van der Waals surface area (Å²) in [6.07, 6.45) is 4.75. The Bertz CT molecular complexity index is 454. The van der Waals surface area contributed by atoms with E-state index in [-0.39, 0.29) is 29.7 Å². The van der Waals surface area contributed by atoms with Crippen LogP contribution in [0.15, 0.2) is 4.99 Å². The number of unbranched alkanes of at least 4 members (excludes halogenated alkanes) is 2. The molecule has 144 valence electrons. The SMILES string of the molecule is CCCCCC(C)NC(=NC)NCCS(=O)(=O)N1CCSCC1.I. The maximum atomic E-state index is 12.3. The number of halogens is 1. The Labute approximate surface area is 169 Å². The van der Waals surface area contributed by atoms with Crippen molar-refractivity contribution in [2.45, 2.75) is 45.6 Å². The van der Waals surface area contributed by atoms with Crippen molar-refractivity contribution in [3.05, 3.63) is 0 Å². The average Bonchev–Trinajstić information content (AvgIpc) is 2.55. The van der Waals surface area contributed by atoms with Gasteiger partial charge >= 0.3 is 0 Å². The minimum Gasteiger partial charge on any atom is -0.355 e. The highest BCUT2D eigenvalue weighted by Gasteiger charge is 2.23. The maximum absolute atomic E-state index is 12.3. The van der Waals surface area contributed by atoms with Crippen LogP contribution in [0.2, 0.25) is 0 Å². The predicted molar refractivity (Wildman–Crippen MR) is 116 cm³/mol. The quantitative estimate of drug-likeness (QED) is 0.223. The zero-order valence-corrected chi connectivity index (χ0v) is 19.0. The van der Waals surface area contributed by atoms with Gasteiger partial charge in [-0.2, -0.15) is 11.8 Å². The number of nitrogens with one attached hydrogen (secondary N) is 2. The lowest BCUT2D eigenvalue weighted by molar-refractivity contribution is 0.443. The molecule has 24 heavy (non-hydrogen) atoms. The van der Waals surface area contributed by atoms with Crippen LogP contribution < -0.4 is 10.6 Å². The van der Waals surface area contributed by atoms with Crippen LogP contribution in [0.25, 0.3) is 0 Å². The Morgan fingerprint density at radius 3 is 2.54 bits per heavy atom. The van der Waals surface area contributed by atoms with Gasteiger partial charge in [0.15, 0.2) is 5.96 Å². The highest BCUT2D eigenvalue weighted by Crippen LogP contribution is 2.13. The van der Waals surface area contributed by atoms with E-state index in [0.717, 1.165) is 17.9 Å². The Morgan fingerprint density at radius 2 is 1.96 bits per heavy atom. The van der Waals surface area contributed by atoms with Crippen LogP contribution in [-0.2, 0) is 10.0 Å². The van der Waals surface area contributed by atoms with Crippen LogP contribution in [0.5, 0.6) is 0 Å². The maximum Gasteiger partial charge on any atom is 0.215 e. The number of hydrogen-bond donors (Lipinski definition) is 2. The van der Waals surface area contributed by atoms with Gasteiger partial charge in [-0.25, -0.2) is 12.7 Å². The molecular formula is C15H33IN4O2S2. The van der Waals surface area contributed by atoms with Crippen molar-refractivity contribution < 1.29 is 8.42 Å². The van der Waals surface area contributed by atoms with Gasteiger partial charge in [-0.1, -0.05) is 26.2 Å². The Balaban J connectivity index is 0.00000529. The molecule has 0 aromatic carbocycles. The summed E-state index contributed by atoms with van der Waals surface area (Å²) in [4.78, 5) is 4.17. The van der Waals surface area contributed by atoms with Crippen molar-refractivity contribution in [3.63, 3.8) is 0 Å². The van der Waals surface area contributed by atoms with E-state index in [4.69, 9.17) is 0 Å². The smallest absolute Gasteiger partial charge is 0.215 e. The van der Waals surface area contributed by atoms with E-state index in [0.29, 0.717) is 31.6 Å². The van der Waals surface area contributed by atoms with Gasteiger partial charge in [0.05, 0.1) is 5.75 Å². The lowest BCUT2D eigenvalue weighted by Gasteiger charge is -2.26. The van der Waals surface area contributed by atoms with Crippen LogP contribution in [0, 0.1) is 0 Å². The average molecular weight is 492 g/mol. The van der Waals surface area contributed by atoms with Gasteiger partial charge in [0.25, 0.3) is 0 Å². The number of hydrogen-bond acceptors (Lipinski definition) is 4. The van der Waals surface area contributed by atoms with Gasteiger partial charge < -0.3 is 10.6 Å².